The molecule has 0 spiro atoms. The zero-order valence-corrected chi connectivity index (χ0v) is 11.6. The second-order valence-electron chi connectivity index (χ2n) is 4.69. The maximum absolute atomic E-state index is 11.9. The molecule has 0 aliphatic carbocycles. The van der Waals surface area contributed by atoms with Crippen LogP contribution in [0.2, 0.25) is 0 Å². The topological polar surface area (TPSA) is 70.6 Å². The van der Waals surface area contributed by atoms with Gasteiger partial charge in [-0.25, -0.2) is 4.79 Å². The van der Waals surface area contributed by atoms with E-state index in [-0.39, 0.29) is 24.6 Å². The van der Waals surface area contributed by atoms with E-state index < -0.39 is 0 Å². The van der Waals surface area contributed by atoms with Crippen molar-refractivity contribution in [3.8, 4) is 5.75 Å². The molecule has 3 N–H and O–H groups in total. The molecule has 1 atom stereocenters. The molecule has 0 fully saturated rings. The molecule has 0 saturated heterocycles. The molecule has 0 heterocycles. The molecule has 106 valence electrons. The number of anilines is 1. The highest BCUT2D eigenvalue weighted by atomic mass is 16.5. The summed E-state index contributed by atoms with van der Waals surface area (Å²) in [5, 5.41) is 14.6. The largest absolute Gasteiger partial charge is 0.497 e. The number of nitrogens with one attached hydrogen (secondary N) is 2. The average Bonchev–Trinajstić information content (AvgIpc) is 2.38. The first-order valence-corrected chi connectivity index (χ1v) is 6.39. The SMILES string of the molecule is COc1cccc(NC(=O)NC(CCO)C(C)C)c1. The Labute approximate surface area is 114 Å². The Morgan fingerprint density at radius 2 is 2.16 bits per heavy atom. The third-order valence-electron chi connectivity index (χ3n) is 2.89. The lowest BCUT2D eigenvalue weighted by atomic mass is 10.0. The minimum Gasteiger partial charge on any atom is -0.497 e. The van der Waals surface area contributed by atoms with Crippen LogP contribution in [0.5, 0.6) is 5.75 Å². The Hall–Kier alpha value is -1.75. The van der Waals surface area contributed by atoms with Gasteiger partial charge in [-0.15, -0.1) is 0 Å². The van der Waals surface area contributed by atoms with E-state index in [1.807, 2.05) is 26.0 Å². The third kappa shape index (κ3) is 5.18. The van der Waals surface area contributed by atoms with Gasteiger partial charge in [0.2, 0.25) is 0 Å². The molecule has 0 aliphatic rings. The van der Waals surface area contributed by atoms with Gasteiger partial charge in [-0.2, -0.15) is 0 Å². The Balaban J connectivity index is 2.58. The summed E-state index contributed by atoms with van der Waals surface area (Å²) in [7, 11) is 1.58. The van der Waals surface area contributed by atoms with Gasteiger partial charge in [0.1, 0.15) is 5.75 Å². The predicted octanol–water partition coefficient (Wildman–Crippen LogP) is 2.22. The summed E-state index contributed by atoms with van der Waals surface area (Å²) in [6, 6.07) is 6.83. The first kappa shape index (κ1) is 15.3. The fourth-order valence-corrected chi connectivity index (χ4v) is 1.75. The van der Waals surface area contributed by atoms with Gasteiger partial charge in [-0.3, -0.25) is 0 Å². The second kappa shape index (κ2) is 7.63. The molecule has 0 aliphatic heterocycles. The molecule has 5 nitrogen and oxygen atoms in total. The van der Waals surface area contributed by atoms with E-state index in [0.717, 1.165) is 0 Å². The first-order chi connectivity index (χ1) is 9.06. The highest BCUT2D eigenvalue weighted by molar-refractivity contribution is 5.89. The Morgan fingerprint density at radius 3 is 2.74 bits per heavy atom. The Bertz CT molecular complexity index is 407. The van der Waals surface area contributed by atoms with Crippen LogP contribution in [0.3, 0.4) is 0 Å². The van der Waals surface area contributed by atoms with Gasteiger partial charge in [0.05, 0.1) is 7.11 Å². The van der Waals surface area contributed by atoms with Crippen molar-refractivity contribution >= 4 is 11.7 Å². The van der Waals surface area contributed by atoms with E-state index in [4.69, 9.17) is 9.84 Å². The van der Waals surface area contributed by atoms with Crippen LogP contribution < -0.4 is 15.4 Å². The van der Waals surface area contributed by atoms with Crippen LogP contribution in [0.25, 0.3) is 0 Å². The number of methoxy groups -OCH3 is 1. The van der Waals surface area contributed by atoms with Crippen LogP contribution in [0.4, 0.5) is 10.5 Å². The van der Waals surface area contributed by atoms with Crippen LogP contribution in [-0.4, -0.2) is 30.9 Å². The summed E-state index contributed by atoms with van der Waals surface area (Å²) in [6.45, 7) is 4.07. The van der Waals surface area contributed by atoms with Crippen LogP contribution in [0, 0.1) is 5.92 Å². The third-order valence-corrected chi connectivity index (χ3v) is 2.89. The van der Waals surface area contributed by atoms with Crippen LogP contribution in [0.1, 0.15) is 20.3 Å². The number of hydrogen-bond acceptors (Lipinski definition) is 3. The van der Waals surface area contributed by atoms with Crippen LogP contribution in [0.15, 0.2) is 24.3 Å². The van der Waals surface area contributed by atoms with E-state index >= 15 is 0 Å². The molecule has 0 saturated carbocycles. The monoisotopic (exact) mass is 266 g/mol. The standard InChI is InChI=1S/C14H22N2O3/c1-10(2)13(7-8-17)16-14(18)15-11-5-4-6-12(9-11)19-3/h4-6,9-10,13,17H,7-8H2,1-3H3,(H2,15,16,18). The predicted molar refractivity (Wildman–Crippen MR) is 75.5 cm³/mol. The Kier molecular flexibility index (Phi) is 6.15. The van der Waals surface area contributed by atoms with Crippen molar-refractivity contribution in [1.82, 2.24) is 5.32 Å². The number of hydrogen-bond donors (Lipinski definition) is 3. The zero-order valence-electron chi connectivity index (χ0n) is 11.6. The maximum atomic E-state index is 11.9. The van der Waals surface area contributed by atoms with E-state index in [1.165, 1.54) is 0 Å². The quantitative estimate of drug-likeness (QED) is 0.739. The Morgan fingerprint density at radius 1 is 1.42 bits per heavy atom. The number of benzene rings is 1. The highest BCUT2D eigenvalue weighted by Gasteiger charge is 2.15. The van der Waals surface area contributed by atoms with Gasteiger partial charge in [0.15, 0.2) is 0 Å². The zero-order chi connectivity index (χ0) is 14.3. The molecule has 1 aromatic carbocycles. The molecule has 1 rings (SSSR count). The lowest BCUT2D eigenvalue weighted by molar-refractivity contribution is 0.227. The van der Waals surface area contributed by atoms with Crippen molar-refractivity contribution < 1.29 is 14.6 Å². The van der Waals surface area contributed by atoms with Crippen molar-refractivity contribution in [2.45, 2.75) is 26.3 Å². The number of ether oxygens (including phenoxy) is 1. The van der Waals surface area contributed by atoms with Gasteiger partial charge in [-0.05, 0) is 24.5 Å². The molecule has 0 radical (unpaired) electrons. The van der Waals surface area contributed by atoms with E-state index in [9.17, 15) is 4.79 Å². The number of urea groups is 1. The first-order valence-electron chi connectivity index (χ1n) is 6.39. The van der Waals surface area contributed by atoms with E-state index in [1.54, 1.807) is 19.2 Å². The van der Waals surface area contributed by atoms with Crippen molar-refractivity contribution in [1.29, 1.82) is 0 Å². The van der Waals surface area contributed by atoms with Crippen LogP contribution >= 0.6 is 0 Å². The molecule has 5 heteroatoms. The van der Waals surface area contributed by atoms with Gasteiger partial charge >= 0.3 is 6.03 Å². The maximum Gasteiger partial charge on any atom is 0.319 e. The number of carbonyl (C=O) groups is 1. The number of aliphatic hydroxyl groups is 1. The van der Waals surface area contributed by atoms with Crippen molar-refractivity contribution in [2.24, 2.45) is 5.92 Å². The molecule has 1 aromatic rings. The summed E-state index contributed by atoms with van der Waals surface area (Å²) >= 11 is 0. The van der Waals surface area contributed by atoms with Crippen molar-refractivity contribution in [3.05, 3.63) is 24.3 Å². The van der Waals surface area contributed by atoms with E-state index in [2.05, 4.69) is 10.6 Å². The molecule has 19 heavy (non-hydrogen) atoms. The van der Waals surface area contributed by atoms with E-state index in [0.29, 0.717) is 17.9 Å². The van der Waals surface area contributed by atoms with Gasteiger partial charge in [0.25, 0.3) is 0 Å². The molecule has 0 aromatic heterocycles. The normalized spacial score (nSPS) is 12.1. The molecule has 2 amide bonds. The minimum atomic E-state index is -0.277. The summed E-state index contributed by atoms with van der Waals surface area (Å²) < 4.78 is 5.09. The summed E-state index contributed by atoms with van der Waals surface area (Å²) in [6.07, 6.45) is 0.545. The number of rotatable bonds is 6. The van der Waals surface area contributed by atoms with Gasteiger partial charge in [0, 0.05) is 24.4 Å². The van der Waals surface area contributed by atoms with Crippen molar-refractivity contribution in [3.63, 3.8) is 0 Å². The molecule has 0 bridgehead atoms. The highest BCUT2D eigenvalue weighted by Crippen LogP contribution is 2.16. The smallest absolute Gasteiger partial charge is 0.319 e. The number of carbonyl (C=O) groups excluding carboxylic acids is 1. The lowest BCUT2D eigenvalue weighted by Crippen LogP contribution is -2.41. The lowest BCUT2D eigenvalue weighted by Gasteiger charge is -2.21. The summed E-state index contributed by atoms with van der Waals surface area (Å²) in [4.78, 5) is 11.9. The molecular weight excluding hydrogens is 244 g/mol. The summed E-state index contributed by atoms with van der Waals surface area (Å²) in [5.74, 6) is 0.955. The average molecular weight is 266 g/mol. The molecule has 1 unspecified atom stereocenters. The number of aliphatic hydroxyl groups excluding tert-OH is 1. The summed E-state index contributed by atoms with van der Waals surface area (Å²) in [5.41, 5.74) is 0.670. The van der Waals surface area contributed by atoms with Crippen molar-refractivity contribution in [2.75, 3.05) is 19.0 Å². The van der Waals surface area contributed by atoms with Gasteiger partial charge in [-0.1, -0.05) is 19.9 Å². The fourth-order valence-electron chi connectivity index (χ4n) is 1.75. The van der Waals surface area contributed by atoms with Gasteiger partial charge < -0.3 is 20.5 Å². The second-order valence-corrected chi connectivity index (χ2v) is 4.69. The number of amides is 2. The fraction of sp³-hybridized carbons (Fsp3) is 0.500. The van der Waals surface area contributed by atoms with Crippen LogP contribution in [-0.2, 0) is 0 Å². The minimum absolute atomic E-state index is 0.0457. The molecular formula is C14H22N2O3.